The van der Waals surface area contributed by atoms with Gasteiger partial charge in [-0.2, -0.15) is 0 Å². The Morgan fingerprint density at radius 1 is 1.53 bits per heavy atom. The van der Waals surface area contributed by atoms with Crippen LogP contribution in [0.1, 0.15) is 18.4 Å². The molecule has 0 atom stereocenters. The summed E-state index contributed by atoms with van der Waals surface area (Å²) >= 11 is 3.29. The van der Waals surface area contributed by atoms with E-state index in [1.807, 2.05) is 0 Å². The van der Waals surface area contributed by atoms with E-state index in [-0.39, 0.29) is 23.6 Å². The van der Waals surface area contributed by atoms with Gasteiger partial charge < -0.3 is 10.6 Å². The van der Waals surface area contributed by atoms with Gasteiger partial charge in [0.2, 0.25) is 5.91 Å². The van der Waals surface area contributed by atoms with Crippen molar-refractivity contribution in [3.05, 3.63) is 34.1 Å². The molecule has 3 nitrogen and oxygen atoms in total. The minimum Gasteiger partial charge on any atom is -0.345 e. The minimum absolute atomic E-state index is 0.0725. The lowest BCUT2D eigenvalue weighted by molar-refractivity contribution is -0.129. The van der Waals surface area contributed by atoms with Gasteiger partial charge in [0.25, 0.3) is 0 Å². The number of nitrogens with two attached hydrogens (primary N) is 1. The summed E-state index contributed by atoms with van der Waals surface area (Å²) in [5, 5.41) is 0. The van der Waals surface area contributed by atoms with Crippen LogP contribution in [0.25, 0.3) is 0 Å². The van der Waals surface area contributed by atoms with Gasteiger partial charge in [0.15, 0.2) is 0 Å². The van der Waals surface area contributed by atoms with E-state index in [0.29, 0.717) is 18.7 Å². The summed E-state index contributed by atoms with van der Waals surface area (Å²) < 4.78 is 14.4. The van der Waals surface area contributed by atoms with E-state index in [4.69, 9.17) is 5.73 Å². The van der Waals surface area contributed by atoms with Crippen molar-refractivity contribution in [3.63, 3.8) is 0 Å². The third-order valence-electron chi connectivity index (χ3n) is 3.74. The van der Waals surface area contributed by atoms with Crippen molar-refractivity contribution in [1.29, 1.82) is 0 Å². The van der Waals surface area contributed by atoms with E-state index < -0.39 is 0 Å². The highest BCUT2D eigenvalue weighted by Crippen LogP contribution is 2.44. The molecule has 2 rings (SSSR count). The summed E-state index contributed by atoms with van der Waals surface area (Å²) in [6.07, 6.45) is 2.24. The average molecular weight is 329 g/mol. The number of likely N-dealkylation sites (N-methyl/N-ethyl adjacent to an activating group) is 1. The molecule has 104 valence electrons. The lowest BCUT2D eigenvalue weighted by Crippen LogP contribution is -2.36. The Morgan fingerprint density at radius 3 is 2.79 bits per heavy atom. The zero-order valence-electron chi connectivity index (χ0n) is 11.0. The zero-order chi connectivity index (χ0) is 14.0. The molecule has 1 aliphatic rings. The third kappa shape index (κ3) is 3.54. The first-order chi connectivity index (χ1) is 8.96. The minimum atomic E-state index is -0.343. The van der Waals surface area contributed by atoms with E-state index in [1.54, 1.807) is 24.1 Å². The van der Waals surface area contributed by atoms with Crippen LogP contribution in [0.2, 0.25) is 0 Å². The molecule has 1 aromatic carbocycles. The fourth-order valence-electron chi connectivity index (χ4n) is 2.17. The van der Waals surface area contributed by atoms with Gasteiger partial charge in [0, 0.05) is 23.5 Å². The summed E-state index contributed by atoms with van der Waals surface area (Å²) in [6.45, 7) is 1.27. The molecule has 0 spiro atoms. The maximum absolute atomic E-state index is 13.6. The Balaban J connectivity index is 1.98. The first kappa shape index (κ1) is 14.5. The molecular weight excluding hydrogens is 311 g/mol. The number of amides is 1. The fourth-order valence-corrected chi connectivity index (χ4v) is 2.58. The van der Waals surface area contributed by atoms with Crippen molar-refractivity contribution in [1.82, 2.24) is 4.90 Å². The van der Waals surface area contributed by atoms with Gasteiger partial charge in [-0.15, -0.1) is 0 Å². The van der Waals surface area contributed by atoms with Crippen molar-refractivity contribution < 1.29 is 9.18 Å². The first-order valence-corrected chi connectivity index (χ1v) is 7.13. The van der Waals surface area contributed by atoms with E-state index in [0.717, 1.165) is 17.3 Å². The quantitative estimate of drug-likeness (QED) is 0.901. The summed E-state index contributed by atoms with van der Waals surface area (Å²) in [7, 11) is 1.76. The molecule has 5 heteroatoms. The molecule has 0 radical (unpaired) electrons. The largest absolute Gasteiger partial charge is 0.345 e. The second kappa shape index (κ2) is 5.59. The van der Waals surface area contributed by atoms with Crippen LogP contribution in [-0.4, -0.2) is 30.9 Å². The number of carbonyl (C=O) groups is 1. The monoisotopic (exact) mass is 328 g/mol. The number of rotatable bonds is 5. The number of hydrogen-bond donors (Lipinski definition) is 1. The SMILES string of the molecule is CN(CC1(CN)CC1)C(=O)Cc1cc(Br)ccc1F. The van der Waals surface area contributed by atoms with E-state index in [9.17, 15) is 9.18 Å². The number of carbonyl (C=O) groups excluding carboxylic acids is 1. The van der Waals surface area contributed by atoms with Crippen LogP contribution in [0.4, 0.5) is 4.39 Å². The number of benzene rings is 1. The van der Waals surface area contributed by atoms with E-state index >= 15 is 0 Å². The van der Waals surface area contributed by atoms with Gasteiger partial charge >= 0.3 is 0 Å². The summed E-state index contributed by atoms with van der Waals surface area (Å²) in [5.41, 5.74) is 6.24. The van der Waals surface area contributed by atoms with Gasteiger partial charge in [-0.05, 0) is 43.1 Å². The van der Waals surface area contributed by atoms with Crippen LogP contribution in [0.3, 0.4) is 0 Å². The highest BCUT2D eigenvalue weighted by Gasteiger charge is 2.42. The molecule has 0 aliphatic heterocycles. The normalized spacial score (nSPS) is 16.2. The molecule has 1 saturated carbocycles. The van der Waals surface area contributed by atoms with Gasteiger partial charge in [-0.1, -0.05) is 15.9 Å². The van der Waals surface area contributed by atoms with Crippen molar-refractivity contribution >= 4 is 21.8 Å². The summed E-state index contributed by atoms with van der Waals surface area (Å²) in [5.74, 6) is -0.415. The summed E-state index contributed by atoms with van der Waals surface area (Å²) in [4.78, 5) is 13.8. The molecule has 0 unspecified atom stereocenters. The molecular formula is C14H18BrFN2O. The molecule has 0 heterocycles. The molecule has 0 bridgehead atoms. The van der Waals surface area contributed by atoms with Gasteiger partial charge in [0.1, 0.15) is 5.82 Å². The standard InChI is InChI=1S/C14H18BrFN2O/c1-18(9-14(8-17)4-5-14)13(19)7-10-6-11(15)2-3-12(10)16/h2-3,6H,4-5,7-9,17H2,1H3. The summed E-state index contributed by atoms with van der Waals surface area (Å²) in [6, 6.07) is 4.65. The zero-order valence-corrected chi connectivity index (χ0v) is 12.5. The average Bonchev–Trinajstić information content (AvgIpc) is 3.14. The highest BCUT2D eigenvalue weighted by atomic mass is 79.9. The van der Waals surface area contributed by atoms with Crippen LogP contribution < -0.4 is 5.73 Å². The Labute approximate surface area is 121 Å². The first-order valence-electron chi connectivity index (χ1n) is 6.34. The molecule has 2 N–H and O–H groups in total. The fraction of sp³-hybridized carbons (Fsp3) is 0.500. The molecule has 19 heavy (non-hydrogen) atoms. The number of hydrogen-bond acceptors (Lipinski definition) is 2. The number of halogens is 2. The van der Waals surface area contributed by atoms with Crippen LogP contribution >= 0.6 is 15.9 Å². The smallest absolute Gasteiger partial charge is 0.226 e. The Kier molecular flexibility index (Phi) is 4.26. The van der Waals surface area contributed by atoms with E-state index in [2.05, 4.69) is 15.9 Å². The van der Waals surface area contributed by atoms with Crippen LogP contribution in [-0.2, 0) is 11.2 Å². The third-order valence-corrected chi connectivity index (χ3v) is 4.23. The predicted molar refractivity (Wildman–Crippen MR) is 76.2 cm³/mol. The molecule has 1 aromatic rings. The molecule has 1 amide bonds. The second-order valence-electron chi connectivity index (χ2n) is 5.37. The Morgan fingerprint density at radius 2 is 2.21 bits per heavy atom. The second-order valence-corrected chi connectivity index (χ2v) is 6.28. The molecule has 1 aliphatic carbocycles. The number of nitrogens with zero attached hydrogens (tertiary/aromatic N) is 1. The predicted octanol–water partition coefficient (Wildman–Crippen LogP) is 2.33. The maximum atomic E-state index is 13.6. The van der Waals surface area contributed by atoms with Crippen molar-refractivity contribution in [2.45, 2.75) is 19.3 Å². The van der Waals surface area contributed by atoms with Crippen LogP contribution in [0.15, 0.2) is 22.7 Å². The van der Waals surface area contributed by atoms with Gasteiger partial charge in [-0.25, -0.2) is 4.39 Å². The Hall–Kier alpha value is -0.940. The van der Waals surface area contributed by atoms with Crippen molar-refractivity contribution in [2.75, 3.05) is 20.1 Å². The lowest BCUT2D eigenvalue weighted by atomic mass is 10.1. The maximum Gasteiger partial charge on any atom is 0.226 e. The van der Waals surface area contributed by atoms with Crippen molar-refractivity contribution in [3.8, 4) is 0 Å². The van der Waals surface area contributed by atoms with Crippen LogP contribution in [0.5, 0.6) is 0 Å². The van der Waals surface area contributed by atoms with E-state index in [1.165, 1.54) is 6.07 Å². The van der Waals surface area contributed by atoms with Gasteiger partial charge in [-0.3, -0.25) is 4.79 Å². The highest BCUT2D eigenvalue weighted by molar-refractivity contribution is 9.10. The van der Waals surface area contributed by atoms with Gasteiger partial charge in [0.05, 0.1) is 6.42 Å². The Bertz CT molecular complexity index is 488. The topological polar surface area (TPSA) is 46.3 Å². The molecule has 1 fully saturated rings. The van der Waals surface area contributed by atoms with Crippen LogP contribution in [0, 0.1) is 11.2 Å². The van der Waals surface area contributed by atoms with Crippen molar-refractivity contribution in [2.24, 2.45) is 11.1 Å². The molecule has 0 aromatic heterocycles. The molecule has 0 saturated heterocycles. The lowest BCUT2D eigenvalue weighted by Gasteiger charge is -2.23.